The summed E-state index contributed by atoms with van der Waals surface area (Å²) in [4.78, 5) is 16.2. The second-order valence-corrected chi connectivity index (χ2v) is 4.73. The van der Waals surface area contributed by atoms with Gasteiger partial charge in [-0.1, -0.05) is 11.6 Å². The predicted molar refractivity (Wildman–Crippen MR) is 65.9 cm³/mol. The van der Waals surface area contributed by atoms with E-state index in [4.69, 9.17) is 16.7 Å². The average molecular weight is 310 g/mol. The Kier molecular flexibility index (Phi) is 4.05. The van der Waals surface area contributed by atoms with E-state index in [0.29, 0.717) is 19.3 Å². The normalized spacial score (nSPS) is 20.0. The van der Waals surface area contributed by atoms with Gasteiger partial charge in [0.15, 0.2) is 0 Å². The van der Waals surface area contributed by atoms with Crippen molar-refractivity contribution in [3.05, 3.63) is 22.8 Å². The molecular weight excluding hydrogens is 299 g/mol. The molecule has 0 amide bonds. The molecule has 20 heavy (non-hydrogen) atoms. The van der Waals surface area contributed by atoms with Gasteiger partial charge in [-0.2, -0.15) is 13.2 Å². The third-order valence-electron chi connectivity index (χ3n) is 2.92. The van der Waals surface area contributed by atoms with Crippen LogP contribution >= 0.6 is 11.6 Å². The Balaban J connectivity index is 2.23. The highest BCUT2D eigenvalue weighted by Crippen LogP contribution is 2.33. The molecule has 1 aliphatic rings. The lowest BCUT2D eigenvalue weighted by Crippen LogP contribution is -2.54. The van der Waals surface area contributed by atoms with Gasteiger partial charge in [-0.3, -0.25) is 4.79 Å². The number of hydrogen-bond donors (Lipinski definition) is 2. The molecule has 5 nitrogen and oxygen atoms in total. The van der Waals surface area contributed by atoms with Gasteiger partial charge in [0.2, 0.25) is 0 Å². The zero-order chi connectivity index (χ0) is 14.9. The molecule has 0 unspecified atom stereocenters. The Morgan fingerprint density at radius 3 is 2.80 bits per heavy atom. The zero-order valence-electron chi connectivity index (χ0n) is 10.1. The van der Waals surface area contributed by atoms with Crippen molar-refractivity contribution in [2.45, 2.75) is 12.2 Å². The number of carbonyl (C=O) groups is 1. The quantitative estimate of drug-likeness (QED) is 0.869. The van der Waals surface area contributed by atoms with Crippen LogP contribution in [0.2, 0.25) is 5.02 Å². The maximum absolute atomic E-state index is 12.5. The molecule has 0 saturated carbocycles. The SMILES string of the molecule is O=C(O)[C@H]1CN(c2ncc(C(F)(F)F)cc2Cl)CCN1. The van der Waals surface area contributed by atoms with Gasteiger partial charge < -0.3 is 15.3 Å². The van der Waals surface area contributed by atoms with Gasteiger partial charge in [-0.25, -0.2) is 4.98 Å². The number of alkyl halides is 3. The van der Waals surface area contributed by atoms with Crippen LogP contribution in [0.3, 0.4) is 0 Å². The number of aliphatic carboxylic acids is 1. The van der Waals surface area contributed by atoms with Crippen molar-refractivity contribution in [3.63, 3.8) is 0 Å². The number of carboxylic acid groups (broad SMARTS) is 1. The van der Waals surface area contributed by atoms with Crippen LogP contribution in [-0.4, -0.2) is 41.7 Å². The first-order chi connectivity index (χ1) is 9.29. The van der Waals surface area contributed by atoms with Crippen LogP contribution in [-0.2, 0) is 11.0 Å². The summed E-state index contributed by atoms with van der Waals surface area (Å²) in [6.45, 7) is 0.894. The summed E-state index contributed by atoms with van der Waals surface area (Å²) in [7, 11) is 0. The van der Waals surface area contributed by atoms with E-state index in [2.05, 4.69) is 10.3 Å². The fourth-order valence-electron chi connectivity index (χ4n) is 1.93. The topological polar surface area (TPSA) is 65.5 Å². The van der Waals surface area contributed by atoms with Gasteiger partial charge in [0.1, 0.15) is 11.9 Å². The Hall–Kier alpha value is -1.54. The summed E-state index contributed by atoms with van der Waals surface area (Å²) in [6, 6.07) is -0.00859. The van der Waals surface area contributed by atoms with Gasteiger partial charge in [-0.05, 0) is 6.07 Å². The molecule has 0 spiro atoms. The zero-order valence-corrected chi connectivity index (χ0v) is 10.9. The number of nitrogens with zero attached hydrogens (tertiary/aromatic N) is 2. The Morgan fingerprint density at radius 2 is 2.25 bits per heavy atom. The van der Waals surface area contributed by atoms with Crippen LogP contribution in [0.1, 0.15) is 5.56 Å². The molecule has 1 aromatic heterocycles. The highest BCUT2D eigenvalue weighted by Gasteiger charge is 2.33. The molecule has 2 rings (SSSR count). The molecular formula is C11H11ClF3N3O2. The van der Waals surface area contributed by atoms with Crippen molar-refractivity contribution < 1.29 is 23.1 Å². The van der Waals surface area contributed by atoms with Crippen LogP contribution < -0.4 is 10.2 Å². The molecule has 2 N–H and O–H groups in total. The highest BCUT2D eigenvalue weighted by atomic mass is 35.5. The van der Waals surface area contributed by atoms with E-state index in [9.17, 15) is 18.0 Å². The average Bonchev–Trinajstić information content (AvgIpc) is 2.37. The molecule has 1 aromatic rings. The fraction of sp³-hybridized carbons (Fsp3) is 0.455. The van der Waals surface area contributed by atoms with Crippen LogP contribution in [0.4, 0.5) is 19.0 Å². The van der Waals surface area contributed by atoms with E-state index in [0.717, 1.165) is 6.07 Å². The molecule has 110 valence electrons. The summed E-state index contributed by atoms with van der Waals surface area (Å²) >= 11 is 5.82. The van der Waals surface area contributed by atoms with Crippen LogP contribution in [0, 0.1) is 0 Å². The number of nitrogens with one attached hydrogen (secondary N) is 1. The van der Waals surface area contributed by atoms with E-state index in [1.54, 1.807) is 4.90 Å². The maximum Gasteiger partial charge on any atom is 0.417 e. The number of anilines is 1. The van der Waals surface area contributed by atoms with Crippen LogP contribution in [0.25, 0.3) is 0 Å². The number of hydrogen-bond acceptors (Lipinski definition) is 4. The first-order valence-electron chi connectivity index (χ1n) is 5.73. The van der Waals surface area contributed by atoms with Crippen LogP contribution in [0.5, 0.6) is 0 Å². The number of rotatable bonds is 2. The maximum atomic E-state index is 12.5. The second kappa shape index (κ2) is 5.45. The molecule has 1 fully saturated rings. The first-order valence-corrected chi connectivity index (χ1v) is 6.10. The number of aromatic nitrogens is 1. The van der Waals surface area contributed by atoms with Crippen molar-refractivity contribution in [1.82, 2.24) is 10.3 Å². The van der Waals surface area contributed by atoms with E-state index >= 15 is 0 Å². The van der Waals surface area contributed by atoms with E-state index in [-0.39, 0.29) is 17.4 Å². The number of halogens is 4. The Labute approximate surface area is 117 Å². The molecule has 0 aromatic carbocycles. The summed E-state index contributed by atoms with van der Waals surface area (Å²) in [5, 5.41) is 11.6. The fourth-order valence-corrected chi connectivity index (χ4v) is 2.21. The van der Waals surface area contributed by atoms with Crippen molar-refractivity contribution in [2.24, 2.45) is 0 Å². The van der Waals surface area contributed by atoms with Gasteiger partial charge >= 0.3 is 12.1 Å². The molecule has 9 heteroatoms. The summed E-state index contributed by atoms with van der Waals surface area (Å²) in [5.41, 5.74) is -0.934. The largest absolute Gasteiger partial charge is 0.480 e. The summed E-state index contributed by atoms with van der Waals surface area (Å²) in [5.74, 6) is -0.870. The van der Waals surface area contributed by atoms with Crippen LogP contribution in [0.15, 0.2) is 12.3 Å². The standard InChI is InChI=1S/C11H11ClF3N3O2/c12-7-3-6(11(13,14)15)4-17-9(7)18-2-1-16-8(5-18)10(19)20/h3-4,8,16H,1-2,5H2,(H,19,20)/t8-/m1/s1. The molecule has 1 saturated heterocycles. The van der Waals surface area contributed by atoms with Gasteiger partial charge in [-0.15, -0.1) is 0 Å². The summed E-state index contributed by atoms with van der Waals surface area (Å²) in [6.07, 6.45) is -3.82. The third kappa shape index (κ3) is 3.13. The minimum Gasteiger partial charge on any atom is -0.480 e. The second-order valence-electron chi connectivity index (χ2n) is 4.32. The highest BCUT2D eigenvalue weighted by molar-refractivity contribution is 6.33. The number of piperazine rings is 1. The molecule has 2 heterocycles. The van der Waals surface area contributed by atoms with E-state index in [1.807, 2.05) is 0 Å². The Bertz CT molecular complexity index is 524. The van der Waals surface area contributed by atoms with E-state index in [1.165, 1.54) is 0 Å². The molecule has 0 bridgehead atoms. The smallest absolute Gasteiger partial charge is 0.417 e. The van der Waals surface area contributed by atoms with Crippen molar-refractivity contribution >= 4 is 23.4 Å². The number of pyridine rings is 1. The Morgan fingerprint density at radius 1 is 1.55 bits per heavy atom. The minimum atomic E-state index is -4.51. The van der Waals surface area contributed by atoms with E-state index < -0.39 is 23.8 Å². The monoisotopic (exact) mass is 309 g/mol. The number of carboxylic acids is 1. The first kappa shape index (κ1) is 14.9. The molecule has 1 atom stereocenters. The lowest BCUT2D eigenvalue weighted by atomic mass is 10.2. The third-order valence-corrected chi connectivity index (χ3v) is 3.20. The van der Waals surface area contributed by atoms with Crippen molar-refractivity contribution in [1.29, 1.82) is 0 Å². The van der Waals surface area contributed by atoms with Gasteiger partial charge in [0, 0.05) is 25.8 Å². The molecule has 0 radical (unpaired) electrons. The van der Waals surface area contributed by atoms with Gasteiger partial charge in [0.25, 0.3) is 0 Å². The predicted octanol–water partition coefficient (Wildman–Crippen LogP) is 1.62. The lowest BCUT2D eigenvalue weighted by Gasteiger charge is -2.33. The summed E-state index contributed by atoms with van der Waals surface area (Å²) < 4.78 is 37.5. The molecule has 1 aliphatic heterocycles. The lowest BCUT2D eigenvalue weighted by molar-refractivity contribution is -0.139. The minimum absolute atomic E-state index is 0.0907. The van der Waals surface area contributed by atoms with Gasteiger partial charge in [0.05, 0.1) is 10.6 Å². The van der Waals surface area contributed by atoms with Crippen molar-refractivity contribution in [3.8, 4) is 0 Å². The van der Waals surface area contributed by atoms with Crippen molar-refractivity contribution in [2.75, 3.05) is 24.5 Å². The molecule has 0 aliphatic carbocycles.